The number of phenolic OH excluding ortho intramolecular Hbond substituents is 1. The number of carbonyl (C=O) groups excluding carboxylic acids is 1. The highest BCUT2D eigenvalue weighted by Crippen LogP contribution is 2.32. The van der Waals surface area contributed by atoms with Crippen molar-refractivity contribution in [2.45, 2.75) is 19.8 Å². The van der Waals surface area contributed by atoms with Crippen LogP contribution in [0.2, 0.25) is 5.02 Å². The van der Waals surface area contributed by atoms with Crippen molar-refractivity contribution >= 4 is 23.3 Å². The molecule has 114 valence electrons. The Morgan fingerprint density at radius 3 is 2.57 bits per heavy atom. The molecule has 0 radical (unpaired) electrons. The number of hydrogen-bond acceptors (Lipinski definition) is 4. The maximum absolute atomic E-state index is 12.4. The molecule has 4 N–H and O–H groups in total. The average Bonchev–Trinajstić information content (AvgIpc) is 2.49. The first-order valence-electron chi connectivity index (χ1n) is 6.63. The zero-order valence-electron chi connectivity index (χ0n) is 11.7. The first kappa shape index (κ1) is 15.4. The molecule has 1 aliphatic rings. The molecule has 1 aromatic rings. The van der Waals surface area contributed by atoms with Crippen LogP contribution in [0.4, 0.5) is 0 Å². The van der Waals surface area contributed by atoms with Gasteiger partial charge in [0.15, 0.2) is 0 Å². The summed E-state index contributed by atoms with van der Waals surface area (Å²) in [5, 5.41) is 21.4. The number of rotatable bonds is 2. The largest absolute Gasteiger partial charge is 0.506 e. The molecular weight excluding hydrogens is 294 g/mol. The summed E-state index contributed by atoms with van der Waals surface area (Å²) < 4.78 is 0. The Morgan fingerprint density at radius 1 is 1.43 bits per heavy atom. The number of amides is 1. The van der Waals surface area contributed by atoms with Gasteiger partial charge in [-0.05, 0) is 31.0 Å². The number of carbonyl (C=O) groups is 1. The van der Waals surface area contributed by atoms with Gasteiger partial charge in [-0.3, -0.25) is 4.79 Å². The predicted octanol–water partition coefficient (Wildman–Crippen LogP) is 2.03. The fraction of sp³-hybridized carbons (Fsp3) is 0.429. The molecule has 1 fully saturated rings. The summed E-state index contributed by atoms with van der Waals surface area (Å²) in [5.41, 5.74) is 5.75. The van der Waals surface area contributed by atoms with E-state index in [-0.39, 0.29) is 22.5 Å². The van der Waals surface area contributed by atoms with Crippen LogP contribution < -0.4 is 5.73 Å². The van der Waals surface area contributed by atoms with Crippen LogP contribution in [0.1, 0.15) is 30.1 Å². The number of nitrogens with zero attached hydrogens (tertiary/aromatic N) is 2. The minimum Gasteiger partial charge on any atom is -0.506 e. The van der Waals surface area contributed by atoms with Gasteiger partial charge < -0.3 is 20.9 Å². The SMILES string of the molecule is CC1(/C(N)=N/O)CCN(C(=O)c2ccc(O)c(Cl)c2)CC1. The van der Waals surface area contributed by atoms with Gasteiger partial charge >= 0.3 is 0 Å². The summed E-state index contributed by atoms with van der Waals surface area (Å²) in [5.74, 6) is 0.00658. The van der Waals surface area contributed by atoms with Crippen molar-refractivity contribution in [3.8, 4) is 5.75 Å². The minimum atomic E-state index is -0.391. The van der Waals surface area contributed by atoms with Crippen LogP contribution in [-0.2, 0) is 0 Å². The van der Waals surface area contributed by atoms with E-state index in [4.69, 9.17) is 22.5 Å². The Morgan fingerprint density at radius 2 is 2.05 bits per heavy atom. The number of amidine groups is 1. The van der Waals surface area contributed by atoms with E-state index in [9.17, 15) is 9.90 Å². The summed E-state index contributed by atoms with van der Waals surface area (Å²) in [4.78, 5) is 14.1. The molecular formula is C14H18ClN3O3. The summed E-state index contributed by atoms with van der Waals surface area (Å²) in [6.45, 7) is 2.95. The third kappa shape index (κ3) is 3.05. The lowest BCUT2D eigenvalue weighted by Crippen LogP contribution is -2.47. The predicted molar refractivity (Wildman–Crippen MR) is 79.8 cm³/mol. The standard InChI is InChI=1S/C14H18ClN3O3/c1-14(13(16)17-21)4-6-18(7-5-14)12(20)9-2-3-11(19)10(15)8-9/h2-3,8,19,21H,4-7H2,1H3,(H2,16,17). The molecule has 0 bridgehead atoms. The van der Waals surface area contributed by atoms with E-state index in [0.717, 1.165) is 0 Å². The van der Waals surface area contributed by atoms with Gasteiger partial charge in [0, 0.05) is 24.1 Å². The van der Waals surface area contributed by atoms with Crippen LogP contribution in [0, 0.1) is 5.41 Å². The van der Waals surface area contributed by atoms with Crippen LogP contribution >= 0.6 is 11.6 Å². The fourth-order valence-electron chi connectivity index (χ4n) is 2.40. The van der Waals surface area contributed by atoms with Gasteiger partial charge in [0.25, 0.3) is 5.91 Å². The third-order valence-electron chi connectivity index (χ3n) is 4.07. The molecule has 0 saturated carbocycles. The van der Waals surface area contributed by atoms with Crippen LogP contribution in [0.25, 0.3) is 0 Å². The highest BCUT2D eigenvalue weighted by Gasteiger charge is 2.35. The Labute approximate surface area is 127 Å². The Balaban J connectivity index is 2.08. The van der Waals surface area contributed by atoms with Crippen LogP contribution in [0.3, 0.4) is 0 Å². The number of nitrogens with two attached hydrogens (primary N) is 1. The van der Waals surface area contributed by atoms with Gasteiger partial charge in [-0.15, -0.1) is 0 Å². The lowest BCUT2D eigenvalue weighted by atomic mass is 9.79. The number of piperidine rings is 1. The van der Waals surface area contributed by atoms with E-state index >= 15 is 0 Å². The maximum atomic E-state index is 12.4. The highest BCUT2D eigenvalue weighted by molar-refractivity contribution is 6.32. The third-order valence-corrected chi connectivity index (χ3v) is 4.38. The number of aromatic hydroxyl groups is 1. The molecule has 0 aliphatic carbocycles. The molecule has 1 saturated heterocycles. The lowest BCUT2D eigenvalue weighted by molar-refractivity contribution is 0.0666. The number of oxime groups is 1. The van der Waals surface area contributed by atoms with E-state index in [2.05, 4.69) is 5.16 Å². The zero-order chi connectivity index (χ0) is 15.6. The van der Waals surface area contributed by atoms with E-state index < -0.39 is 5.41 Å². The number of phenols is 1. The fourth-order valence-corrected chi connectivity index (χ4v) is 2.58. The van der Waals surface area contributed by atoms with Gasteiger partial charge in [-0.25, -0.2) is 0 Å². The molecule has 0 unspecified atom stereocenters. The quantitative estimate of drug-likeness (QED) is 0.337. The maximum Gasteiger partial charge on any atom is 0.253 e. The average molecular weight is 312 g/mol. The molecule has 1 aromatic carbocycles. The molecule has 1 aliphatic heterocycles. The second-order valence-electron chi connectivity index (χ2n) is 5.50. The molecule has 7 heteroatoms. The summed E-state index contributed by atoms with van der Waals surface area (Å²) in [6, 6.07) is 4.40. The number of benzene rings is 1. The number of hydrogen-bond donors (Lipinski definition) is 3. The van der Waals surface area contributed by atoms with Crippen molar-refractivity contribution in [1.29, 1.82) is 0 Å². The van der Waals surface area contributed by atoms with Crippen molar-refractivity contribution < 1.29 is 15.1 Å². The molecule has 0 aromatic heterocycles. The van der Waals surface area contributed by atoms with Crippen molar-refractivity contribution in [2.75, 3.05) is 13.1 Å². The van der Waals surface area contributed by atoms with Gasteiger partial charge in [-0.2, -0.15) is 0 Å². The summed E-state index contributed by atoms with van der Waals surface area (Å²) >= 11 is 5.82. The Bertz CT molecular complexity index is 581. The molecule has 21 heavy (non-hydrogen) atoms. The summed E-state index contributed by atoms with van der Waals surface area (Å²) in [6.07, 6.45) is 1.25. The first-order valence-corrected chi connectivity index (χ1v) is 7.01. The molecule has 2 rings (SSSR count). The molecule has 0 atom stereocenters. The van der Waals surface area contributed by atoms with Crippen molar-refractivity contribution in [3.05, 3.63) is 28.8 Å². The Hall–Kier alpha value is -1.95. The normalized spacial score (nSPS) is 18.6. The van der Waals surface area contributed by atoms with Gasteiger partial charge in [0.2, 0.25) is 0 Å². The number of likely N-dealkylation sites (tertiary alicyclic amines) is 1. The van der Waals surface area contributed by atoms with E-state index in [1.54, 1.807) is 11.0 Å². The smallest absolute Gasteiger partial charge is 0.253 e. The highest BCUT2D eigenvalue weighted by atomic mass is 35.5. The van der Waals surface area contributed by atoms with Gasteiger partial charge in [-0.1, -0.05) is 23.7 Å². The van der Waals surface area contributed by atoms with Crippen molar-refractivity contribution in [2.24, 2.45) is 16.3 Å². The second-order valence-corrected chi connectivity index (χ2v) is 5.91. The van der Waals surface area contributed by atoms with Crippen LogP contribution in [0.5, 0.6) is 5.75 Å². The molecule has 6 nitrogen and oxygen atoms in total. The van der Waals surface area contributed by atoms with Gasteiger partial charge in [0.05, 0.1) is 5.02 Å². The minimum absolute atomic E-state index is 0.0497. The van der Waals surface area contributed by atoms with Crippen LogP contribution in [0.15, 0.2) is 23.4 Å². The van der Waals surface area contributed by atoms with Crippen LogP contribution in [-0.4, -0.2) is 40.0 Å². The topological polar surface area (TPSA) is 99.2 Å². The van der Waals surface area contributed by atoms with Crippen molar-refractivity contribution in [1.82, 2.24) is 4.90 Å². The molecule has 1 heterocycles. The van der Waals surface area contributed by atoms with Crippen molar-refractivity contribution in [3.63, 3.8) is 0 Å². The van der Waals surface area contributed by atoms with E-state index in [0.29, 0.717) is 31.5 Å². The number of halogens is 1. The monoisotopic (exact) mass is 311 g/mol. The molecule has 1 amide bonds. The van der Waals surface area contributed by atoms with E-state index in [1.807, 2.05) is 6.92 Å². The first-order chi connectivity index (χ1) is 9.87. The van der Waals surface area contributed by atoms with Gasteiger partial charge in [0.1, 0.15) is 11.6 Å². The zero-order valence-corrected chi connectivity index (χ0v) is 12.5. The van der Waals surface area contributed by atoms with E-state index in [1.165, 1.54) is 12.1 Å². The Kier molecular flexibility index (Phi) is 4.27. The lowest BCUT2D eigenvalue weighted by Gasteiger charge is -2.38. The molecule has 0 spiro atoms. The second kappa shape index (κ2) is 5.81. The summed E-state index contributed by atoms with van der Waals surface area (Å²) in [7, 11) is 0.